The van der Waals surface area contributed by atoms with Crippen molar-refractivity contribution in [2.24, 2.45) is 0 Å². The van der Waals surface area contributed by atoms with Crippen LogP contribution in [-0.4, -0.2) is 28.0 Å². The lowest BCUT2D eigenvalue weighted by atomic mass is 10.2. The van der Waals surface area contributed by atoms with Crippen LogP contribution in [0.2, 0.25) is 0 Å². The van der Waals surface area contributed by atoms with Crippen molar-refractivity contribution in [1.82, 2.24) is 4.72 Å². The number of ether oxygens (including phenoxy) is 1. The van der Waals surface area contributed by atoms with Gasteiger partial charge in [-0.25, -0.2) is 17.5 Å². The first-order chi connectivity index (χ1) is 12.4. The first-order valence-electron chi connectivity index (χ1n) is 7.66. The van der Waals surface area contributed by atoms with Gasteiger partial charge in [0.1, 0.15) is 10.7 Å². The van der Waals surface area contributed by atoms with Crippen molar-refractivity contribution < 1.29 is 22.3 Å². The Morgan fingerprint density at radius 2 is 2.04 bits per heavy atom. The Labute approximate surface area is 151 Å². The summed E-state index contributed by atoms with van der Waals surface area (Å²) in [6.07, 6.45) is 1.33. The number of benzene rings is 2. The van der Waals surface area contributed by atoms with Gasteiger partial charge >= 0.3 is 0 Å². The summed E-state index contributed by atoms with van der Waals surface area (Å²) in [4.78, 5) is 11.8. The molecular formula is C18H19FN2O4S. The molecule has 0 saturated carbocycles. The standard InChI is InChI=1S/C18H19FN2O4S/c1-3-9-20-26(23,24)17-11-14(7-8-16(17)19)18(22)21-15-6-4-5-13(10-15)12-25-2/h3-8,10-11,20H,1,9,12H2,2H3,(H,21,22). The maximum absolute atomic E-state index is 13.9. The molecule has 2 rings (SSSR count). The Morgan fingerprint density at radius 1 is 1.27 bits per heavy atom. The molecule has 0 bridgehead atoms. The van der Waals surface area contributed by atoms with Gasteiger partial charge in [0.25, 0.3) is 5.91 Å². The SMILES string of the molecule is C=CCNS(=O)(=O)c1cc(C(=O)Nc2cccc(COC)c2)ccc1F. The van der Waals surface area contributed by atoms with Gasteiger partial charge in [0.15, 0.2) is 0 Å². The molecule has 0 atom stereocenters. The zero-order chi connectivity index (χ0) is 19.2. The van der Waals surface area contributed by atoms with Gasteiger partial charge in [-0.3, -0.25) is 4.79 Å². The smallest absolute Gasteiger partial charge is 0.255 e. The molecular weight excluding hydrogens is 359 g/mol. The molecule has 0 unspecified atom stereocenters. The summed E-state index contributed by atoms with van der Waals surface area (Å²) in [6, 6.07) is 10.2. The van der Waals surface area contributed by atoms with E-state index in [1.165, 1.54) is 12.1 Å². The van der Waals surface area contributed by atoms with Crippen molar-refractivity contribution in [2.45, 2.75) is 11.5 Å². The molecule has 0 saturated heterocycles. The number of methoxy groups -OCH3 is 1. The number of rotatable bonds is 8. The number of hydrogen-bond donors (Lipinski definition) is 2. The van der Waals surface area contributed by atoms with Crippen molar-refractivity contribution in [2.75, 3.05) is 19.0 Å². The fourth-order valence-electron chi connectivity index (χ4n) is 2.21. The van der Waals surface area contributed by atoms with Gasteiger partial charge in [-0.1, -0.05) is 18.2 Å². The van der Waals surface area contributed by atoms with Gasteiger partial charge in [0.2, 0.25) is 10.0 Å². The van der Waals surface area contributed by atoms with E-state index >= 15 is 0 Å². The summed E-state index contributed by atoms with van der Waals surface area (Å²) in [5, 5.41) is 2.65. The molecule has 26 heavy (non-hydrogen) atoms. The van der Waals surface area contributed by atoms with Crippen LogP contribution in [0.15, 0.2) is 60.0 Å². The highest BCUT2D eigenvalue weighted by atomic mass is 32.2. The molecule has 2 N–H and O–H groups in total. The zero-order valence-corrected chi connectivity index (χ0v) is 15.0. The van der Waals surface area contributed by atoms with Crippen LogP contribution >= 0.6 is 0 Å². The minimum atomic E-state index is -4.09. The highest BCUT2D eigenvalue weighted by Crippen LogP contribution is 2.18. The van der Waals surface area contributed by atoms with Crippen molar-refractivity contribution in [1.29, 1.82) is 0 Å². The summed E-state index contributed by atoms with van der Waals surface area (Å²) >= 11 is 0. The van der Waals surface area contributed by atoms with Crippen LogP contribution in [0, 0.1) is 5.82 Å². The normalized spacial score (nSPS) is 11.2. The van der Waals surface area contributed by atoms with Gasteiger partial charge in [-0.15, -0.1) is 6.58 Å². The number of hydrogen-bond acceptors (Lipinski definition) is 4. The Hall–Kier alpha value is -2.55. The second kappa shape index (κ2) is 8.70. The van der Waals surface area contributed by atoms with E-state index in [1.54, 1.807) is 25.3 Å². The van der Waals surface area contributed by atoms with Gasteiger partial charge in [0.05, 0.1) is 6.61 Å². The van der Waals surface area contributed by atoms with E-state index in [0.29, 0.717) is 12.3 Å². The lowest BCUT2D eigenvalue weighted by Gasteiger charge is -2.10. The van der Waals surface area contributed by atoms with Gasteiger partial charge < -0.3 is 10.1 Å². The van der Waals surface area contributed by atoms with E-state index in [0.717, 1.165) is 17.7 Å². The minimum absolute atomic E-state index is 0.0162. The first kappa shape index (κ1) is 19.8. The van der Waals surface area contributed by atoms with Crippen molar-refractivity contribution in [3.8, 4) is 0 Å². The Bertz CT molecular complexity index is 913. The van der Waals surface area contributed by atoms with Crippen LogP contribution < -0.4 is 10.0 Å². The third-order valence-electron chi connectivity index (χ3n) is 3.40. The molecule has 8 heteroatoms. The summed E-state index contributed by atoms with van der Waals surface area (Å²) in [5.41, 5.74) is 1.40. The molecule has 0 aliphatic rings. The largest absolute Gasteiger partial charge is 0.380 e. The molecule has 0 radical (unpaired) electrons. The first-order valence-corrected chi connectivity index (χ1v) is 9.15. The topological polar surface area (TPSA) is 84.5 Å². The van der Waals surface area contributed by atoms with Gasteiger partial charge in [-0.05, 0) is 35.9 Å². The fraction of sp³-hybridized carbons (Fsp3) is 0.167. The molecule has 0 aliphatic carbocycles. The lowest BCUT2D eigenvalue weighted by molar-refractivity contribution is 0.102. The molecule has 0 heterocycles. The maximum Gasteiger partial charge on any atom is 0.255 e. The van der Waals surface area contributed by atoms with Gasteiger partial charge in [0, 0.05) is 24.9 Å². The molecule has 0 fully saturated rings. The molecule has 0 spiro atoms. The monoisotopic (exact) mass is 378 g/mol. The van der Waals surface area contributed by atoms with E-state index in [1.807, 2.05) is 6.07 Å². The van der Waals surface area contributed by atoms with Crippen LogP contribution in [-0.2, 0) is 21.4 Å². The fourth-order valence-corrected chi connectivity index (χ4v) is 3.31. The number of carbonyl (C=O) groups excluding carboxylic acids is 1. The highest BCUT2D eigenvalue weighted by molar-refractivity contribution is 7.89. The molecule has 138 valence electrons. The number of carbonyl (C=O) groups is 1. The average molecular weight is 378 g/mol. The quantitative estimate of drug-likeness (QED) is 0.692. The van der Waals surface area contributed by atoms with Crippen LogP contribution in [0.1, 0.15) is 15.9 Å². The maximum atomic E-state index is 13.9. The van der Waals surface area contributed by atoms with Crippen LogP contribution in [0.5, 0.6) is 0 Å². The summed E-state index contributed by atoms with van der Waals surface area (Å²) in [6.45, 7) is 3.73. The predicted molar refractivity (Wildman–Crippen MR) is 96.9 cm³/mol. The van der Waals surface area contributed by atoms with Crippen molar-refractivity contribution in [3.63, 3.8) is 0 Å². The number of anilines is 1. The van der Waals surface area contributed by atoms with Crippen molar-refractivity contribution in [3.05, 3.63) is 72.1 Å². The Morgan fingerprint density at radius 3 is 2.73 bits per heavy atom. The highest BCUT2D eigenvalue weighted by Gasteiger charge is 2.20. The zero-order valence-electron chi connectivity index (χ0n) is 14.2. The van der Waals surface area contributed by atoms with Crippen LogP contribution in [0.3, 0.4) is 0 Å². The Kier molecular flexibility index (Phi) is 6.62. The van der Waals surface area contributed by atoms with E-state index < -0.39 is 26.6 Å². The third-order valence-corrected chi connectivity index (χ3v) is 4.84. The lowest BCUT2D eigenvalue weighted by Crippen LogP contribution is -2.25. The van der Waals surface area contributed by atoms with E-state index in [2.05, 4.69) is 16.6 Å². The van der Waals surface area contributed by atoms with Gasteiger partial charge in [-0.2, -0.15) is 0 Å². The van der Waals surface area contributed by atoms with E-state index in [4.69, 9.17) is 4.74 Å². The summed E-state index contributed by atoms with van der Waals surface area (Å²) in [7, 11) is -2.53. The average Bonchev–Trinajstić information content (AvgIpc) is 2.61. The molecule has 0 aliphatic heterocycles. The number of sulfonamides is 1. The number of nitrogens with one attached hydrogen (secondary N) is 2. The second-order valence-corrected chi connectivity index (χ2v) is 7.11. The Balaban J connectivity index is 2.26. The minimum Gasteiger partial charge on any atom is -0.380 e. The van der Waals surface area contributed by atoms with E-state index in [9.17, 15) is 17.6 Å². The van der Waals surface area contributed by atoms with Crippen molar-refractivity contribution >= 4 is 21.6 Å². The molecule has 2 aromatic rings. The third kappa shape index (κ3) is 4.98. The van der Waals surface area contributed by atoms with E-state index in [-0.39, 0.29) is 12.1 Å². The summed E-state index contributed by atoms with van der Waals surface area (Å²) in [5.74, 6) is -1.50. The molecule has 6 nitrogen and oxygen atoms in total. The van der Waals surface area contributed by atoms with Crippen LogP contribution in [0.4, 0.5) is 10.1 Å². The summed E-state index contributed by atoms with van der Waals surface area (Å²) < 4.78 is 45.4. The molecule has 0 aromatic heterocycles. The molecule has 1 amide bonds. The van der Waals surface area contributed by atoms with Crippen LogP contribution in [0.25, 0.3) is 0 Å². The predicted octanol–water partition coefficient (Wildman–Crippen LogP) is 2.69. The second-order valence-electron chi connectivity index (χ2n) is 5.37. The number of amides is 1. The number of halogens is 1. The molecule has 2 aromatic carbocycles.